The van der Waals surface area contributed by atoms with Crippen LogP contribution in [0.3, 0.4) is 0 Å². The third-order valence-electron chi connectivity index (χ3n) is 5.52. The van der Waals surface area contributed by atoms with E-state index in [1.54, 1.807) is 21.3 Å². The molecule has 0 aromatic heterocycles. The minimum Gasteiger partial charge on any atom is -0.496 e. The lowest BCUT2D eigenvalue weighted by Gasteiger charge is -2.36. The summed E-state index contributed by atoms with van der Waals surface area (Å²) in [6.45, 7) is 15.9. The van der Waals surface area contributed by atoms with Gasteiger partial charge in [0.2, 0.25) is 0 Å². The second-order valence-corrected chi connectivity index (χ2v) is 13.1. The van der Waals surface area contributed by atoms with E-state index < -0.39 is 8.32 Å². The van der Waals surface area contributed by atoms with Gasteiger partial charge in [-0.25, -0.2) is 0 Å². The molecule has 0 aliphatic carbocycles. The van der Waals surface area contributed by atoms with E-state index >= 15 is 0 Å². The Hall–Kier alpha value is -1.46. The number of allylic oxidation sites excluding steroid dienone is 2. The third-order valence-corrected chi connectivity index (χ3v) is 10.00. The van der Waals surface area contributed by atoms with Crippen molar-refractivity contribution in [3.63, 3.8) is 0 Å². The van der Waals surface area contributed by atoms with Crippen molar-refractivity contribution in [1.29, 1.82) is 0 Å². The Morgan fingerprint density at radius 3 is 1.85 bits per heavy atom. The highest BCUT2D eigenvalue weighted by molar-refractivity contribution is 6.74. The standard InChI is InChI=1S/C22H38O4Si/c1-11-12-13-14-17-18(15-26-27(9,10)22(3,4)5)21(25-8)20(24-7)16(2)19(17)23-6/h12-13H,11,14-15H2,1-10H3/b13-12+. The summed E-state index contributed by atoms with van der Waals surface area (Å²) in [4.78, 5) is 0. The van der Waals surface area contributed by atoms with E-state index in [1.807, 2.05) is 6.92 Å². The molecule has 1 aromatic rings. The fourth-order valence-corrected chi connectivity index (χ4v) is 3.79. The quantitative estimate of drug-likeness (QED) is 0.377. The number of hydrogen-bond acceptors (Lipinski definition) is 4. The molecule has 0 heterocycles. The van der Waals surface area contributed by atoms with Crippen molar-refractivity contribution in [1.82, 2.24) is 0 Å². The topological polar surface area (TPSA) is 36.9 Å². The number of ether oxygens (including phenoxy) is 3. The summed E-state index contributed by atoms with van der Waals surface area (Å²) in [5.74, 6) is 2.31. The molecule has 0 unspecified atom stereocenters. The first-order valence-electron chi connectivity index (χ1n) is 9.64. The van der Waals surface area contributed by atoms with Crippen molar-refractivity contribution in [3.05, 3.63) is 28.8 Å². The van der Waals surface area contributed by atoms with Gasteiger partial charge in [-0.05, 0) is 37.9 Å². The first-order chi connectivity index (χ1) is 12.6. The maximum atomic E-state index is 6.53. The number of hydrogen-bond donors (Lipinski definition) is 0. The van der Waals surface area contributed by atoms with E-state index in [2.05, 4.69) is 52.9 Å². The summed E-state index contributed by atoms with van der Waals surface area (Å²) in [5.41, 5.74) is 3.08. The van der Waals surface area contributed by atoms with Gasteiger partial charge in [0, 0.05) is 16.7 Å². The van der Waals surface area contributed by atoms with Crippen LogP contribution in [0.25, 0.3) is 0 Å². The molecule has 0 aliphatic heterocycles. The zero-order chi connectivity index (χ0) is 20.8. The predicted octanol–water partition coefficient (Wildman–Crippen LogP) is 6.05. The van der Waals surface area contributed by atoms with Crippen molar-refractivity contribution < 1.29 is 18.6 Å². The minimum atomic E-state index is -1.91. The largest absolute Gasteiger partial charge is 0.496 e. The molecule has 0 saturated heterocycles. The molecule has 5 heteroatoms. The lowest BCUT2D eigenvalue weighted by molar-refractivity contribution is 0.263. The van der Waals surface area contributed by atoms with Crippen LogP contribution >= 0.6 is 0 Å². The van der Waals surface area contributed by atoms with Crippen LogP contribution in [0.15, 0.2) is 12.2 Å². The summed E-state index contributed by atoms with van der Waals surface area (Å²) < 4.78 is 23.7. The molecule has 1 rings (SSSR count). The third kappa shape index (κ3) is 5.29. The minimum absolute atomic E-state index is 0.140. The molecule has 0 atom stereocenters. The van der Waals surface area contributed by atoms with E-state index in [1.165, 1.54) is 0 Å². The van der Waals surface area contributed by atoms with Gasteiger partial charge in [-0.1, -0.05) is 39.8 Å². The zero-order valence-corrected chi connectivity index (χ0v) is 19.9. The highest BCUT2D eigenvalue weighted by atomic mass is 28.4. The van der Waals surface area contributed by atoms with E-state index in [9.17, 15) is 0 Å². The summed E-state index contributed by atoms with van der Waals surface area (Å²) in [6, 6.07) is 0. The smallest absolute Gasteiger partial charge is 0.192 e. The molecule has 4 nitrogen and oxygen atoms in total. The number of rotatable bonds is 9. The average Bonchev–Trinajstić information content (AvgIpc) is 2.59. The van der Waals surface area contributed by atoms with Crippen LogP contribution in [-0.4, -0.2) is 29.6 Å². The van der Waals surface area contributed by atoms with Crippen LogP contribution in [0, 0.1) is 6.92 Å². The first-order valence-corrected chi connectivity index (χ1v) is 12.6. The Morgan fingerprint density at radius 1 is 0.852 bits per heavy atom. The highest BCUT2D eigenvalue weighted by Crippen LogP contribution is 2.45. The average molecular weight is 395 g/mol. The second kappa shape index (κ2) is 9.65. The lowest BCUT2D eigenvalue weighted by Crippen LogP contribution is -2.40. The molecule has 0 fully saturated rings. The fourth-order valence-electron chi connectivity index (χ4n) is 2.85. The number of benzene rings is 1. The van der Waals surface area contributed by atoms with Gasteiger partial charge in [0.1, 0.15) is 5.75 Å². The summed E-state index contributed by atoms with van der Waals surface area (Å²) in [7, 11) is 3.15. The van der Waals surface area contributed by atoms with Gasteiger partial charge in [0.25, 0.3) is 0 Å². The van der Waals surface area contributed by atoms with E-state index in [0.29, 0.717) is 12.4 Å². The van der Waals surface area contributed by atoms with Gasteiger partial charge in [-0.3, -0.25) is 0 Å². The summed E-state index contributed by atoms with van der Waals surface area (Å²) >= 11 is 0. The SMILES string of the molecule is CC/C=C/Cc1c(CO[Si](C)(C)C(C)(C)C)c(OC)c(OC)c(C)c1OC. The first kappa shape index (κ1) is 23.6. The van der Waals surface area contributed by atoms with Crippen LogP contribution in [0.2, 0.25) is 18.1 Å². The highest BCUT2D eigenvalue weighted by Gasteiger charge is 2.38. The van der Waals surface area contributed by atoms with Crippen molar-refractivity contribution in [2.24, 2.45) is 0 Å². The zero-order valence-electron chi connectivity index (χ0n) is 18.9. The molecule has 0 N–H and O–H groups in total. The van der Waals surface area contributed by atoms with Crippen LogP contribution < -0.4 is 14.2 Å². The molecule has 0 saturated carbocycles. The molecule has 0 spiro atoms. The molecule has 0 radical (unpaired) electrons. The molecule has 154 valence electrons. The van der Waals surface area contributed by atoms with Gasteiger partial charge in [0.05, 0.1) is 27.9 Å². The Labute approximate surface area is 167 Å². The van der Waals surface area contributed by atoms with Crippen molar-refractivity contribution in [2.45, 2.75) is 72.2 Å². The fraction of sp³-hybridized carbons (Fsp3) is 0.636. The van der Waals surface area contributed by atoms with Crippen molar-refractivity contribution >= 4 is 8.32 Å². The molecule has 1 aromatic carbocycles. The van der Waals surface area contributed by atoms with Crippen molar-refractivity contribution in [3.8, 4) is 17.2 Å². The molecule has 27 heavy (non-hydrogen) atoms. The maximum absolute atomic E-state index is 6.53. The summed E-state index contributed by atoms with van der Waals surface area (Å²) in [6.07, 6.45) is 6.13. The number of methoxy groups -OCH3 is 3. The van der Waals surface area contributed by atoms with Crippen LogP contribution in [0.5, 0.6) is 17.2 Å². The normalized spacial score (nSPS) is 12.5. The predicted molar refractivity (Wildman–Crippen MR) is 116 cm³/mol. The van der Waals surface area contributed by atoms with Crippen molar-refractivity contribution in [2.75, 3.05) is 21.3 Å². The Morgan fingerprint density at radius 2 is 1.41 bits per heavy atom. The molecule has 0 amide bonds. The lowest BCUT2D eigenvalue weighted by atomic mass is 9.97. The van der Waals surface area contributed by atoms with Gasteiger partial charge in [-0.15, -0.1) is 0 Å². The monoisotopic (exact) mass is 394 g/mol. The molecule has 0 bridgehead atoms. The van der Waals surface area contributed by atoms with Crippen LogP contribution in [0.4, 0.5) is 0 Å². The summed E-state index contributed by atoms with van der Waals surface area (Å²) in [5, 5.41) is 0.140. The second-order valence-electron chi connectivity index (χ2n) is 8.31. The van der Waals surface area contributed by atoms with Gasteiger partial charge >= 0.3 is 0 Å². The maximum Gasteiger partial charge on any atom is 0.192 e. The van der Waals surface area contributed by atoms with E-state index in [0.717, 1.165) is 41.0 Å². The Bertz CT molecular complexity index is 658. The van der Waals surface area contributed by atoms with Gasteiger partial charge < -0.3 is 18.6 Å². The van der Waals surface area contributed by atoms with Crippen LogP contribution in [-0.2, 0) is 17.5 Å². The Balaban J connectivity index is 3.54. The molecule has 0 aliphatic rings. The molecular weight excluding hydrogens is 356 g/mol. The van der Waals surface area contributed by atoms with Gasteiger partial charge in [0.15, 0.2) is 19.8 Å². The Kier molecular flexibility index (Phi) is 8.42. The van der Waals surface area contributed by atoms with E-state index in [4.69, 9.17) is 18.6 Å². The molecular formula is C22H38O4Si. The van der Waals surface area contributed by atoms with Crippen LogP contribution in [0.1, 0.15) is 50.8 Å². The van der Waals surface area contributed by atoms with E-state index in [-0.39, 0.29) is 5.04 Å². The van der Waals surface area contributed by atoms with Gasteiger partial charge in [-0.2, -0.15) is 0 Å².